The van der Waals surface area contributed by atoms with Crippen LogP contribution in [0.5, 0.6) is 17.2 Å². The maximum Gasteiger partial charge on any atom is 0.164 e. The molecule has 38 heavy (non-hydrogen) atoms. The number of nitrogens with one attached hydrogen (secondary N) is 2. The highest BCUT2D eigenvalue weighted by molar-refractivity contribution is 5.96. The molecule has 1 aliphatic rings. The molecule has 2 aromatic carbocycles. The number of ether oxygens (including phenoxy) is 3. The highest BCUT2D eigenvalue weighted by Gasteiger charge is 2.23. The van der Waals surface area contributed by atoms with Crippen molar-refractivity contribution in [2.24, 2.45) is 5.92 Å². The Labute approximate surface area is 227 Å². The van der Waals surface area contributed by atoms with Crippen LogP contribution in [0.4, 0.5) is 11.5 Å². The van der Waals surface area contributed by atoms with Crippen molar-refractivity contribution in [2.45, 2.75) is 72.9 Å². The van der Waals surface area contributed by atoms with Crippen molar-refractivity contribution >= 4 is 22.4 Å². The van der Waals surface area contributed by atoms with E-state index < -0.39 is 0 Å². The van der Waals surface area contributed by atoms with E-state index >= 15 is 0 Å². The molecule has 0 spiro atoms. The van der Waals surface area contributed by atoms with Crippen molar-refractivity contribution in [3.8, 4) is 17.2 Å². The van der Waals surface area contributed by atoms with Gasteiger partial charge < -0.3 is 30.6 Å². The highest BCUT2D eigenvalue weighted by Crippen LogP contribution is 2.36. The minimum absolute atomic E-state index is 0.420. The van der Waals surface area contributed by atoms with Crippen LogP contribution in [-0.2, 0) is 6.54 Å². The summed E-state index contributed by atoms with van der Waals surface area (Å²) in [5.74, 6) is 3.93. The number of benzene rings is 2. The molecule has 0 aliphatic heterocycles. The Hall–Kier alpha value is -3.19. The van der Waals surface area contributed by atoms with E-state index in [0.29, 0.717) is 31.8 Å². The number of aromatic nitrogens is 1. The van der Waals surface area contributed by atoms with Gasteiger partial charge in [-0.3, -0.25) is 0 Å². The molecule has 7 nitrogen and oxygen atoms in total. The zero-order chi connectivity index (χ0) is 27.1. The molecule has 0 amide bonds. The number of hydrogen-bond donors (Lipinski definition) is 3. The van der Waals surface area contributed by atoms with Crippen molar-refractivity contribution in [3.63, 3.8) is 0 Å². The second kappa shape index (κ2) is 13.1. The predicted molar refractivity (Wildman–Crippen MR) is 157 cm³/mol. The Morgan fingerprint density at radius 1 is 0.895 bits per heavy atom. The maximum absolute atomic E-state index is 6.52. The first kappa shape index (κ1) is 27.8. The topological polar surface area (TPSA) is 90.7 Å². The lowest BCUT2D eigenvalue weighted by Gasteiger charge is -2.30. The van der Waals surface area contributed by atoms with E-state index in [-0.39, 0.29) is 0 Å². The zero-order valence-electron chi connectivity index (χ0n) is 23.7. The van der Waals surface area contributed by atoms with Crippen molar-refractivity contribution in [3.05, 3.63) is 47.0 Å². The molecule has 4 rings (SSSR count). The smallest absolute Gasteiger partial charge is 0.164 e. The van der Waals surface area contributed by atoms with Crippen LogP contribution in [0.25, 0.3) is 10.9 Å². The Balaban J connectivity index is 1.32. The number of aryl methyl sites for hydroxylation is 1. The van der Waals surface area contributed by atoms with Crippen LogP contribution in [0, 0.1) is 19.8 Å². The van der Waals surface area contributed by atoms with E-state index in [2.05, 4.69) is 36.6 Å². The standard InChI is InChI=1S/C31H44N4O3/c1-6-36-26-17-28(38-8-3)27(37-7-2)16-23(26)19-33-18-22-12-14-24(15-13-22)34-31-21(5)30(32)29-20(4)10-9-11-25(29)35-31/h9-11,16-17,22,24,33H,6-8,12-15,18-19H2,1-5H3,(H3,32,34,35). The van der Waals surface area contributed by atoms with Crippen LogP contribution >= 0.6 is 0 Å². The van der Waals surface area contributed by atoms with Crippen LogP contribution < -0.4 is 30.6 Å². The van der Waals surface area contributed by atoms with Crippen molar-refractivity contribution in [1.29, 1.82) is 0 Å². The largest absolute Gasteiger partial charge is 0.493 e. The van der Waals surface area contributed by atoms with Gasteiger partial charge in [0.2, 0.25) is 0 Å². The van der Waals surface area contributed by atoms with Crippen LogP contribution in [0.2, 0.25) is 0 Å². The molecule has 4 N–H and O–H groups in total. The lowest BCUT2D eigenvalue weighted by Crippen LogP contribution is -2.31. The van der Waals surface area contributed by atoms with Gasteiger partial charge in [-0.15, -0.1) is 0 Å². The number of nitrogens with zero attached hydrogens (tertiary/aromatic N) is 1. The van der Waals surface area contributed by atoms with Gasteiger partial charge in [0.05, 0.1) is 25.3 Å². The lowest BCUT2D eigenvalue weighted by molar-refractivity contribution is 0.281. The zero-order valence-corrected chi connectivity index (χ0v) is 23.7. The first-order chi connectivity index (χ1) is 18.4. The van der Waals surface area contributed by atoms with Crippen molar-refractivity contribution in [1.82, 2.24) is 10.3 Å². The van der Waals surface area contributed by atoms with Crippen LogP contribution in [0.1, 0.15) is 63.1 Å². The second-order valence-electron chi connectivity index (χ2n) is 10.2. The number of nitrogens with two attached hydrogens (primary N) is 1. The summed E-state index contributed by atoms with van der Waals surface area (Å²) in [4.78, 5) is 4.92. The summed E-state index contributed by atoms with van der Waals surface area (Å²) in [5, 5.41) is 8.45. The average molecular weight is 521 g/mol. The fourth-order valence-electron chi connectivity index (χ4n) is 5.42. The molecule has 0 unspecified atom stereocenters. The molecule has 1 aliphatic carbocycles. The van der Waals surface area contributed by atoms with Crippen LogP contribution in [0.15, 0.2) is 30.3 Å². The van der Waals surface area contributed by atoms with Crippen molar-refractivity contribution < 1.29 is 14.2 Å². The molecule has 0 radical (unpaired) electrons. The first-order valence-corrected chi connectivity index (χ1v) is 14.1. The van der Waals surface area contributed by atoms with Gasteiger partial charge in [0.15, 0.2) is 11.5 Å². The van der Waals surface area contributed by atoms with Gasteiger partial charge in [0.1, 0.15) is 11.6 Å². The highest BCUT2D eigenvalue weighted by atomic mass is 16.5. The van der Waals surface area contributed by atoms with Gasteiger partial charge in [0, 0.05) is 40.9 Å². The predicted octanol–water partition coefficient (Wildman–Crippen LogP) is 6.39. The summed E-state index contributed by atoms with van der Waals surface area (Å²) < 4.78 is 17.5. The second-order valence-corrected chi connectivity index (χ2v) is 10.2. The van der Waals surface area contributed by atoms with E-state index in [1.165, 1.54) is 18.4 Å². The van der Waals surface area contributed by atoms with Crippen LogP contribution in [0.3, 0.4) is 0 Å². The molecule has 206 valence electrons. The Morgan fingerprint density at radius 2 is 1.55 bits per heavy atom. The SMILES string of the molecule is CCOc1cc(OCC)c(OCC)cc1CNCC1CCC(Nc2nc3cccc(C)c3c(N)c2C)CC1. The fourth-order valence-corrected chi connectivity index (χ4v) is 5.42. The normalized spacial score (nSPS) is 17.4. The quantitative estimate of drug-likeness (QED) is 0.255. The molecule has 0 atom stereocenters. The summed E-state index contributed by atoms with van der Waals surface area (Å²) in [6.45, 7) is 13.6. The molecule has 1 heterocycles. The number of rotatable bonds is 12. The van der Waals surface area contributed by atoms with Gasteiger partial charge in [0.25, 0.3) is 0 Å². The monoisotopic (exact) mass is 520 g/mol. The molecule has 1 fully saturated rings. The number of anilines is 2. The third-order valence-electron chi connectivity index (χ3n) is 7.47. The van der Waals surface area contributed by atoms with Crippen molar-refractivity contribution in [2.75, 3.05) is 37.4 Å². The Bertz CT molecular complexity index is 1220. The number of fused-ring (bicyclic) bond motifs is 1. The first-order valence-electron chi connectivity index (χ1n) is 14.1. The third-order valence-corrected chi connectivity index (χ3v) is 7.47. The fraction of sp³-hybridized carbons (Fsp3) is 0.516. The van der Waals surface area contributed by atoms with Gasteiger partial charge in [-0.1, -0.05) is 12.1 Å². The van der Waals surface area contributed by atoms with Gasteiger partial charge in [-0.2, -0.15) is 0 Å². The minimum atomic E-state index is 0.420. The molecule has 0 bridgehead atoms. The molecular weight excluding hydrogens is 476 g/mol. The van der Waals surface area contributed by atoms with E-state index in [1.807, 2.05) is 39.0 Å². The lowest BCUT2D eigenvalue weighted by atomic mass is 9.86. The summed E-state index contributed by atoms with van der Waals surface area (Å²) >= 11 is 0. The summed E-state index contributed by atoms with van der Waals surface area (Å²) in [5.41, 5.74) is 11.6. The van der Waals surface area contributed by atoms with Gasteiger partial charge >= 0.3 is 0 Å². The van der Waals surface area contributed by atoms with E-state index in [4.69, 9.17) is 24.9 Å². The molecule has 0 saturated heterocycles. The van der Waals surface area contributed by atoms with E-state index in [0.717, 1.165) is 76.7 Å². The van der Waals surface area contributed by atoms with E-state index in [1.54, 1.807) is 0 Å². The molecule has 1 aromatic heterocycles. The van der Waals surface area contributed by atoms with Crippen LogP contribution in [-0.4, -0.2) is 37.4 Å². The number of hydrogen-bond acceptors (Lipinski definition) is 7. The van der Waals surface area contributed by atoms with Gasteiger partial charge in [-0.05, 0) is 90.5 Å². The summed E-state index contributed by atoms with van der Waals surface area (Å²) in [7, 11) is 0. The number of nitrogen functional groups attached to an aromatic ring is 1. The Kier molecular flexibility index (Phi) is 9.56. The number of pyridine rings is 1. The summed E-state index contributed by atoms with van der Waals surface area (Å²) in [6.07, 6.45) is 4.61. The molecule has 1 saturated carbocycles. The molecule has 3 aromatic rings. The maximum atomic E-state index is 6.52. The third kappa shape index (κ3) is 6.44. The van der Waals surface area contributed by atoms with Gasteiger partial charge in [-0.25, -0.2) is 4.98 Å². The average Bonchev–Trinajstić information content (AvgIpc) is 2.90. The summed E-state index contributed by atoms with van der Waals surface area (Å²) in [6, 6.07) is 10.6. The minimum Gasteiger partial charge on any atom is -0.493 e. The molecular formula is C31H44N4O3. The van der Waals surface area contributed by atoms with E-state index in [9.17, 15) is 0 Å². The molecule has 7 heteroatoms. The Morgan fingerprint density at radius 3 is 2.24 bits per heavy atom.